The zero-order chi connectivity index (χ0) is 13.1. The van der Waals surface area contributed by atoms with Crippen molar-refractivity contribution < 1.29 is 4.79 Å². The molecule has 2 aromatic rings. The van der Waals surface area contributed by atoms with Gasteiger partial charge < -0.3 is 5.32 Å². The molecule has 1 heterocycles. The SMILES string of the molecule is O=C(Nc1ccc(Cl)cn1)c1cc(Cl)ccc1I. The molecule has 92 valence electrons. The maximum atomic E-state index is 12.0. The second-order valence-corrected chi connectivity index (χ2v) is 5.48. The lowest BCUT2D eigenvalue weighted by atomic mass is 10.2. The number of carbonyl (C=O) groups is 1. The van der Waals surface area contributed by atoms with E-state index in [-0.39, 0.29) is 5.91 Å². The minimum atomic E-state index is -0.253. The van der Waals surface area contributed by atoms with E-state index in [4.69, 9.17) is 23.2 Å². The summed E-state index contributed by atoms with van der Waals surface area (Å²) in [6.07, 6.45) is 1.47. The number of pyridine rings is 1. The summed E-state index contributed by atoms with van der Waals surface area (Å²) in [6, 6.07) is 8.44. The number of amides is 1. The summed E-state index contributed by atoms with van der Waals surface area (Å²) in [7, 11) is 0. The van der Waals surface area contributed by atoms with Gasteiger partial charge in [-0.05, 0) is 52.9 Å². The quantitative estimate of drug-likeness (QED) is 0.776. The van der Waals surface area contributed by atoms with Gasteiger partial charge in [0.1, 0.15) is 5.82 Å². The second-order valence-electron chi connectivity index (χ2n) is 3.44. The predicted octanol–water partition coefficient (Wildman–Crippen LogP) is 4.25. The molecular formula is C12H7Cl2IN2O. The summed E-state index contributed by atoms with van der Waals surface area (Å²) in [5.74, 6) is 0.192. The highest BCUT2D eigenvalue weighted by Crippen LogP contribution is 2.19. The van der Waals surface area contributed by atoms with Crippen molar-refractivity contribution in [2.75, 3.05) is 5.32 Å². The van der Waals surface area contributed by atoms with Crippen molar-refractivity contribution in [1.82, 2.24) is 4.98 Å². The van der Waals surface area contributed by atoms with Gasteiger partial charge >= 0.3 is 0 Å². The number of aromatic nitrogens is 1. The molecule has 0 bridgehead atoms. The second kappa shape index (κ2) is 5.86. The van der Waals surface area contributed by atoms with Crippen molar-refractivity contribution >= 4 is 57.5 Å². The van der Waals surface area contributed by atoms with Crippen LogP contribution in [0.3, 0.4) is 0 Å². The van der Waals surface area contributed by atoms with Crippen LogP contribution in [0.2, 0.25) is 10.0 Å². The molecule has 6 heteroatoms. The number of hydrogen-bond acceptors (Lipinski definition) is 2. The Morgan fingerprint density at radius 3 is 2.56 bits per heavy atom. The summed E-state index contributed by atoms with van der Waals surface area (Å²) >= 11 is 13.7. The maximum Gasteiger partial charge on any atom is 0.257 e. The standard InChI is InChI=1S/C12H7Cl2IN2O/c13-7-1-3-10(15)9(5-7)12(18)17-11-4-2-8(14)6-16-11/h1-6H,(H,16,17,18). The Hall–Kier alpha value is -0.850. The molecule has 1 N–H and O–H groups in total. The largest absolute Gasteiger partial charge is 0.307 e. The number of halogens is 3. The molecule has 0 aliphatic heterocycles. The van der Waals surface area contributed by atoms with E-state index in [0.717, 1.165) is 3.57 Å². The Morgan fingerprint density at radius 1 is 1.17 bits per heavy atom. The molecule has 0 saturated carbocycles. The summed E-state index contributed by atoms with van der Waals surface area (Å²) in [6.45, 7) is 0. The van der Waals surface area contributed by atoms with Crippen molar-refractivity contribution in [2.45, 2.75) is 0 Å². The van der Waals surface area contributed by atoms with Gasteiger partial charge in [-0.1, -0.05) is 23.2 Å². The third kappa shape index (κ3) is 3.34. The van der Waals surface area contributed by atoms with Gasteiger partial charge in [-0.25, -0.2) is 4.98 Å². The fraction of sp³-hybridized carbons (Fsp3) is 0. The van der Waals surface area contributed by atoms with Crippen LogP contribution in [0.4, 0.5) is 5.82 Å². The molecule has 18 heavy (non-hydrogen) atoms. The maximum absolute atomic E-state index is 12.0. The Bertz CT molecular complexity index is 587. The molecule has 3 nitrogen and oxygen atoms in total. The van der Waals surface area contributed by atoms with Crippen LogP contribution in [0.1, 0.15) is 10.4 Å². The van der Waals surface area contributed by atoms with Gasteiger partial charge in [0, 0.05) is 14.8 Å². The van der Waals surface area contributed by atoms with E-state index in [1.807, 2.05) is 0 Å². The van der Waals surface area contributed by atoms with E-state index < -0.39 is 0 Å². The smallest absolute Gasteiger partial charge is 0.257 e. The van der Waals surface area contributed by atoms with E-state index >= 15 is 0 Å². The molecule has 0 saturated heterocycles. The lowest BCUT2D eigenvalue weighted by Crippen LogP contribution is -2.14. The van der Waals surface area contributed by atoms with Crippen molar-refractivity contribution in [1.29, 1.82) is 0 Å². The number of hydrogen-bond donors (Lipinski definition) is 1. The van der Waals surface area contributed by atoms with Crippen LogP contribution in [0.5, 0.6) is 0 Å². The Kier molecular flexibility index (Phi) is 4.42. The van der Waals surface area contributed by atoms with E-state index in [2.05, 4.69) is 32.9 Å². The predicted molar refractivity (Wildman–Crippen MR) is 81.4 cm³/mol. The summed E-state index contributed by atoms with van der Waals surface area (Å²) in [5.41, 5.74) is 0.514. The van der Waals surface area contributed by atoms with Gasteiger partial charge in [0.15, 0.2) is 0 Å². The highest BCUT2D eigenvalue weighted by atomic mass is 127. The molecule has 0 atom stereocenters. The van der Waals surface area contributed by atoms with Crippen LogP contribution in [-0.4, -0.2) is 10.9 Å². The van der Waals surface area contributed by atoms with Gasteiger partial charge in [0.25, 0.3) is 5.91 Å². The average Bonchev–Trinajstić information content (AvgIpc) is 2.35. The molecule has 0 unspecified atom stereocenters. The van der Waals surface area contributed by atoms with Gasteiger partial charge in [0.05, 0.1) is 10.6 Å². The third-order valence-electron chi connectivity index (χ3n) is 2.14. The zero-order valence-corrected chi connectivity index (χ0v) is 12.6. The van der Waals surface area contributed by atoms with E-state index in [1.54, 1.807) is 30.3 Å². The molecule has 1 amide bonds. The zero-order valence-electron chi connectivity index (χ0n) is 8.95. The van der Waals surface area contributed by atoms with Gasteiger partial charge in [-0.15, -0.1) is 0 Å². The lowest BCUT2D eigenvalue weighted by Gasteiger charge is -2.06. The minimum absolute atomic E-state index is 0.253. The molecule has 1 aromatic heterocycles. The topological polar surface area (TPSA) is 42.0 Å². The highest BCUT2D eigenvalue weighted by molar-refractivity contribution is 14.1. The molecule has 2 rings (SSSR count). The molecule has 0 fully saturated rings. The molecule has 0 spiro atoms. The average molecular weight is 393 g/mol. The molecular weight excluding hydrogens is 386 g/mol. The number of benzene rings is 1. The van der Waals surface area contributed by atoms with E-state index in [0.29, 0.717) is 21.4 Å². The number of nitrogens with one attached hydrogen (secondary N) is 1. The Morgan fingerprint density at radius 2 is 1.89 bits per heavy atom. The first-order valence-electron chi connectivity index (χ1n) is 4.94. The first-order valence-corrected chi connectivity index (χ1v) is 6.77. The Balaban J connectivity index is 2.21. The number of nitrogens with zero attached hydrogens (tertiary/aromatic N) is 1. The molecule has 0 aliphatic rings. The van der Waals surface area contributed by atoms with E-state index in [9.17, 15) is 4.79 Å². The first-order chi connectivity index (χ1) is 8.56. The van der Waals surface area contributed by atoms with E-state index in [1.165, 1.54) is 6.20 Å². The molecule has 0 radical (unpaired) electrons. The fourth-order valence-corrected chi connectivity index (χ4v) is 2.17. The van der Waals surface area contributed by atoms with Crippen LogP contribution >= 0.6 is 45.8 Å². The van der Waals surface area contributed by atoms with Crippen LogP contribution in [-0.2, 0) is 0 Å². The van der Waals surface area contributed by atoms with Crippen molar-refractivity contribution in [3.63, 3.8) is 0 Å². The number of rotatable bonds is 2. The normalized spacial score (nSPS) is 10.2. The fourth-order valence-electron chi connectivity index (χ4n) is 1.30. The summed E-state index contributed by atoms with van der Waals surface area (Å²) in [4.78, 5) is 16.0. The molecule has 1 aromatic carbocycles. The highest BCUT2D eigenvalue weighted by Gasteiger charge is 2.11. The van der Waals surface area contributed by atoms with Crippen LogP contribution in [0, 0.1) is 3.57 Å². The van der Waals surface area contributed by atoms with Crippen molar-refractivity contribution in [3.8, 4) is 0 Å². The van der Waals surface area contributed by atoms with Crippen molar-refractivity contribution in [3.05, 3.63) is 55.7 Å². The molecule has 0 aliphatic carbocycles. The van der Waals surface area contributed by atoms with Crippen LogP contribution < -0.4 is 5.32 Å². The minimum Gasteiger partial charge on any atom is -0.307 e. The Labute approximate surface area is 128 Å². The number of carbonyl (C=O) groups excluding carboxylic acids is 1. The van der Waals surface area contributed by atoms with Crippen LogP contribution in [0.15, 0.2) is 36.5 Å². The summed E-state index contributed by atoms with van der Waals surface area (Å²) < 4.78 is 0.823. The first kappa shape index (κ1) is 13.6. The lowest BCUT2D eigenvalue weighted by molar-refractivity contribution is 0.102. The van der Waals surface area contributed by atoms with Gasteiger partial charge in [0.2, 0.25) is 0 Å². The van der Waals surface area contributed by atoms with Crippen molar-refractivity contribution in [2.24, 2.45) is 0 Å². The summed E-state index contributed by atoms with van der Waals surface area (Å²) in [5, 5.41) is 3.72. The third-order valence-corrected chi connectivity index (χ3v) is 3.54. The van der Waals surface area contributed by atoms with Gasteiger partial charge in [-0.2, -0.15) is 0 Å². The number of anilines is 1. The van der Waals surface area contributed by atoms with Crippen LogP contribution in [0.25, 0.3) is 0 Å². The van der Waals surface area contributed by atoms with Gasteiger partial charge in [-0.3, -0.25) is 4.79 Å². The monoisotopic (exact) mass is 392 g/mol.